The van der Waals surface area contributed by atoms with Gasteiger partial charge in [-0.25, -0.2) is 0 Å². The molecule has 2 fully saturated rings. The summed E-state index contributed by atoms with van der Waals surface area (Å²) in [6.07, 6.45) is 4.25. The number of nitrogens with zero attached hydrogens (tertiary/aromatic N) is 1. The first-order valence-electron chi connectivity index (χ1n) is 13.4. The lowest BCUT2D eigenvalue weighted by Gasteiger charge is -2.53. The summed E-state index contributed by atoms with van der Waals surface area (Å²) in [6.45, 7) is 3.74. The third kappa shape index (κ3) is 3.87. The zero-order valence-electron chi connectivity index (χ0n) is 22.0. The van der Waals surface area contributed by atoms with Gasteiger partial charge in [0.15, 0.2) is 11.6 Å². The number of carbonyl (C=O) groups is 4. The Balaban J connectivity index is 1.47. The molecule has 1 N–H and O–H groups in total. The molecule has 3 aliphatic carbocycles. The maximum absolute atomic E-state index is 13.9. The number of aliphatic hydroxyl groups excluding tert-OH is 1. The topological polar surface area (TPSA) is 101 Å². The highest BCUT2D eigenvalue weighted by atomic mass is 32.1. The molecule has 6 rings (SSSR count). The van der Waals surface area contributed by atoms with Crippen molar-refractivity contribution in [1.82, 2.24) is 4.90 Å². The molecular formula is C31H31NO6S. The van der Waals surface area contributed by atoms with Crippen LogP contribution in [0.4, 0.5) is 0 Å². The van der Waals surface area contributed by atoms with Crippen molar-refractivity contribution in [3.8, 4) is 5.75 Å². The molecule has 1 aromatic carbocycles. The summed E-state index contributed by atoms with van der Waals surface area (Å²) in [7, 11) is 0. The third-order valence-electron chi connectivity index (χ3n) is 9.21. The smallest absolute Gasteiger partial charge is 0.234 e. The number of aliphatic hydroxyl groups is 1. The summed E-state index contributed by atoms with van der Waals surface area (Å²) < 4.78 is 5.92. The van der Waals surface area contributed by atoms with Gasteiger partial charge < -0.3 is 9.84 Å². The van der Waals surface area contributed by atoms with Crippen LogP contribution in [0.15, 0.2) is 65.1 Å². The number of hydrogen-bond acceptors (Lipinski definition) is 7. The Morgan fingerprint density at radius 1 is 1.08 bits per heavy atom. The summed E-state index contributed by atoms with van der Waals surface area (Å²) in [4.78, 5) is 57.2. The molecule has 39 heavy (non-hydrogen) atoms. The van der Waals surface area contributed by atoms with E-state index in [1.165, 1.54) is 22.3 Å². The van der Waals surface area contributed by atoms with E-state index in [-0.39, 0.29) is 49.1 Å². The highest BCUT2D eigenvalue weighted by Gasteiger charge is 2.63. The van der Waals surface area contributed by atoms with Crippen LogP contribution in [0.5, 0.6) is 5.75 Å². The summed E-state index contributed by atoms with van der Waals surface area (Å²) >= 11 is 1.51. The number of hydrogen-bond donors (Lipinski definition) is 1. The first-order valence-corrected chi connectivity index (χ1v) is 14.3. The normalized spacial score (nSPS) is 31.9. The van der Waals surface area contributed by atoms with Crippen LogP contribution in [-0.4, -0.2) is 46.6 Å². The standard InChI is InChI=1S/C31H31NO6S/c1-17-14-24(34)23-15-22-19(9-10-21-26(22)30(37)32(29(21)36)16-18-6-5-13-39-18)27(31(23,2)28(17)35)20-7-3-4-8-25(20)38-12-11-33/h3-9,13-14,21-23,26-27,33H,10-12,15-16H2,1-2H3/t21-,22+,23-,26-,27+,31+/m0/s1. The molecule has 0 radical (unpaired) electrons. The van der Waals surface area contributed by atoms with Crippen molar-refractivity contribution in [2.75, 3.05) is 13.2 Å². The Morgan fingerprint density at radius 2 is 1.87 bits per heavy atom. The fourth-order valence-electron chi connectivity index (χ4n) is 7.53. The monoisotopic (exact) mass is 545 g/mol. The van der Waals surface area contributed by atoms with E-state index in [0.717, 1.165) is 16.0 Å². The van der Waals surface area contributed by atoms with Crippen molar-refractivity contribution < 1.29 is 29.0 Å². The number of fused-ring (bicyclic) bond motifs is 4. The lowest BCUT2D eigenvalue weighted by molar-refractivity contribution is -0.142. The van der Waals surface area contributed by atoms with Crippen LogP contribution in [-0.2, 0) is 25.7 Å². The van der Waals surface area contributed by atoms with Crippen LogP contribution in [0.2, 0.25) is 0 Å². The Bertz CT molecular complexity index is 1420. The fraction of sp³-hybridized carbons (Fsp3) is 0.419. The second-order valence-corrected chi connectivity index (χ2v) is 12.2. The van der Waals surface area contributed by atoms with Gasteiger partial charge >= 0.3 is 0 Å². The van der Waals surface area contributed by atoms with E-state index in [4.69, 9.17) is 4.74 Å². The highest BCUT2D eigenvalue weighted by molar-refractivity contribution is 7.09. The number of para-hydroxylation sites is 1. The SMILES string of the molecule is CC1=CC(=O)[C@@H]2C[C@@H]3C(=CC[C@@H]4C(=O)N(Cc5cccs5)C(=O)[C@@H]43)[C@H](c3ccccc3OCCO)[C@]2(C)C1=O. The number of Topliss-reactive ketones (excluding diaryl/α,β-unsaturated/α-hetero) is 1. The summed E-state index contributed by atoms with van der Waals surface area (Å²) in [5, 5.41) is 11.4. The maximum Gasteiger partial charge on any atom is 0.234 e. The average molecular weight is 546 g/mol. The van der Waals surface area contributed by atoms with Crippen LogP contribution in [0.3, 0.4) is 0 Å². The van der Waals surface area contributed by atoms with Gasteiger partial charge in [0, 0.05) is 22.3 Å². The molecule has 1 aliphatic heterocycles. The molecule has 2 heterocycles. The third-order valence-corrected chi connectivity index (χ3v) is 10.1. The van der Waals surface area contributed by atoms with Crippen molar-refractivity contribution in [3.63, 3.8) is 0 Å². The number of imide groups is 1. The van der Waals surface area contributed by atoms with Crippen LogP contribution in [0.1, 0.15) is 43.0 Å². The summed E-state index contributed by atoms with van der Waals surface area (Å²) in [6, 6.07) is 11.3. The van der Waals surface area contributed by atoms with Crippen LogP contribution >= 0.6 is 11.3 Å². The van der Waals surface area contributed by atoms with Crippen LogP contribution < -0.4 is 4.74 Å². The number of thiophene rings is 1. The first kappa shape index (κ1) is 25.9. The number of benzene rings is 1. The average Bonchev–Trinajstić information content (AvgIpc) is 3.53. The Kier molecular flexibility index (Phi) is 6.43. The molecule has 0 unspecified atom stereocenters. The summed E-state index contributed by atoms with van der Waals surface area (Å²) in [5.74, 6) is -2.51. The second-order valence-electron chi connectivity index (χ2n) is 11.2. The number of rotatable bonds is 6. The quantitative estimate of drug-likeness (QED) is 0.434. The fourth-order valence-corrected chi connectivity index (χ4v) is 8.22. The molecule has 202 valence electrons. The molecular weight excluding hydrogens is 514 g/mol. The van der Waals surface area contributed by atoms with Crippen LogP contribution in [0, 0.1) is 29.1 Å². The molecule has 1 aromatic heterocycles. The Hall–Kier alpha value is -3.36. The summed E-state index contributed by atoms with van der Waals surface area (Å²) in [5.41, 5.74) is 1.06. The molecule has 0 bridgehead atoms. The van der Waals surface area contributed by atoms with Gasteiger partial charge in [0.1, 0.15) is 12.4 Å². The van der Waals surface area contributed by atoms with E-state index in [1.54, 1.807) is 6.92 Å². The van der Waals surface area contributed by atoms with Crippen molar-refractivity contribution in [2.24, 2.45) is 29.1 Å². The van der Waals surface area contributed by atoms with E-state index in [0.29, 0.717) is 24.2 Å². The molecule has 7 nitrogen and oxygen atoms in total. The lowest BCUT2D eigenvalue weighted by Crippen LogP contribution is -2.54. The predicted octanol–water partition coefficient (Wildman–Crippen LogP) is 4.07. The number of ketones is 2. The first-order chi connectivity index (χ1) is 18.8. The Labute approximate surface area is 231 Å². The van der Waals surface area contributed by atoms with E-state index >= 15 is 0 Å². The second kappa shape index (κ2) is 9.68. The van der Waals surface area contributed by atoms with Gasteiger partial charge in [0.2, 0.25) is 11.8 Å². The van der Waals surface area contributed by atoms with E-state index in [2.05, 4.69) is 0 Å². The number of likely N-dealkylation sites (tertiary alicyclic amines) is 1. The van der Waals surface area contributed by atoms with Gasteiger partial charge in [-0.1, -0.05) is 42.8 Å². The van der Waals surface area contributed by atoms with E-state index in [1.807, 2.05) is 54.8 Å². The highest BCUT2D eigenvalue weighted by Crippen LogP contribution is 2.63. The zero-order chi connectivity index (χ0) is 27.5. The molecule has 2 amide bonds. The minimum absolute atomic E-state index is 0.0799. The van der Waals surface area contributed by atoms with Crippen molar-refractivity contribution in [2.45, 2.75) is 39.2 Å². The van der Waals surface area contributed by atoms with E-state index < -0.39 is 29.1 Å². The minimum atomic E-state index is -1.06. The van der Waals surface area contributed by atoms with Gasteiger partial charge in [0.05, 0.1) is 30.4 Å². The molecule has 0 spiro atoms. The van der Waals surface area contributed by atoms with Gasteiger partial charge in [0.25, 0.3) is 0 Å². The number of amides is 2. The molecule has 1 saturated heterocycles. The van der Waals surface area contributed by atoms with E-state index in [9.17, 15) is 24.3 Å². The molecule has 2 aromatic rings. The maximum atomic E-state index is 13.9. The molecule has 1 saturated carbocycles. The predicted molar refractivity (Wildman–Crippen MR) is 145 cm³/mol. The number of allylic oxidation sites excluding steroid dienone is 4. The number of carbonyl (C=O) groups excluding carboxylic acids is 4. The number of ether oxygens (including phenoxy) is 1. The Morgan fingerprint density at radius 3 is 2.62 bits per heavy atom. The lowest BCUT2D eigenvalue weighted by atomic mass is 9.47. The van der Waals surface area contributed by atoms with Gasteiger partial charge in [-0.2, -0.15) is 0 Å². The zero-order valence-corrected chi connectivity index (χ0v) is 22.8. The van der Waals surface area contributed by atoms with Gasteiger partial charge in [-0.3, -0.25) is 24.1 Å². The minimum Gasteiger partial charge on any atom is -0.491 e. The molecule has 8 heteroatoms. The van der Waals surface area contributed by atoms with Crippen LogP contribution in [0.25, 0.3) is 0 Å². The van der Waals surface area contributed by atoms with Gasteiger partial charge in [-0.15, -0.1) is 11.3 Å². The van der Waals surface area contributed by atoms with Gasteiger partial charge in [-0.05, 0) is 54.8 Å². The van der Waals surface area contributed by atoms with Crippen molar-refractivity contribution in [1.29, 1.82) is 0 Å². The van der Waals surface area contributed by atoms with Crippen molar-refractivity contribution in [3.05, 3.63) is 75.5 Å². The largest absolute Gasteiger partial charge is 0.491 e. The molecule has 6 atom stereocenters. The van der Waals surface area contributed by atoms with Crippen molar-refractivity contribution >= 4 is 34.7 Å². The molecule has 4 aliphatic rings.